The van der Waals surface area contributed by atoms with Crippen LogP contribution in [-0.2, 0) is 14.3 Å². The van der Waals surface area contributed by atoms with E-state index < -0.39 is 6.60 Å². The Morgan fingerprint density at radius 3 is 1.37 bits per heavy atom. The number of ketones is 2. The Kier molecular flexibility index (Phi) is 5.01. The van der Waals surface area contributed by atoms with E-state index in [0.717, 1.165) is 15.9 Å². The Hall–Kier alpha value is -3.29. The maximum absolute atomic E-state index is 13.4. The predicted octanol–water partition coefficient (Wildman–Crippen LogP) is 4.41. The van der Waals surface area contributed by atoms with Crippen LogP contribution in [0.4, 0.5) is 0 Å². The van der Waals surface area contributed by atoms with Crippen LogP contribution < -0.4 is 15.9 Å². The molecule has 0 radical (unpaired) electrons. The van der Waals surface area contributed by atoms with Gasteiger partial charge in [0, 0.05) is 0 Å². The average molecular weight is 414 g/mol. The molecule has 1 aliphatic heterocycles. The molecule has 0 saturated heterocycles. The van der Waals surface area contributed by atoms with Crippen molar-refractivity contribution in [2.45, 2.75) is 13.8 Å². The molecular weight excluding hydrogens is 391 g/mol. The van der Waals surface area contributed by atoms with Gasteiger partial charge in [0.2, 0.25) is 0 Å². The van der Waals surface area contributed by atoms with Crippen molar-refractivity contribution in [3.8, 4) is 0 Å². The fourth-order valence-electron chi connectivity index (χ4n) is 4.60. The van der Waals surface area contributed by atoms with Crippen molar-refractivity contribution in [2.24, 2.45) is 0 Å². The SMILES string of the molecule is CC(=O)C1=C(C(C)=O)P(c2ccccc2)(c2ccccc2)(c2ccccc2)C=CO1. The summed E-state index contributed by atoms with van der Waals surface area (Å²) in [7, 11) is 0. The number of ether oxygens (including phenoxy) is 1. The molecule has 1 heterocycles. The van der Waals surface area contributed by atoms with Gasteiger partial charge >= 0.3 is 176 Å². The minimum absolute atomic E-state index is 0.124. The van der Waals surface area contributed by atoms with Crippen LogP contribution in [0, 0.1) is 0 Å². The zero-order valence-corrected chi connectivity index (χ0v) is 17.9. The fraction of sp³-hybridized carbons (Fsp3) is 0.0769. The van der Waals surface area contributed by atoms with Gasteiger partial charge < -0.3 is 0 Å². The Balaban J connectivity index is 2.36. The third-order valence-corrected chi connectivity index (χ3v) is 12.0. The first-order valence-electron chi connectivity index (χ1n) is 9.82. The molecule has 0 unspecified atom stereocenters. The predicted molar refractivity (Wildman–Crippen MR) is 124 cm³/mol. The van der Waals surface area contributed by atoms with Crippen LogP contribution in [-0.4, -0.2) is 11.6 Å². The molecule has 0 fully saturated rings. The molecule has 4 heteroatoms. The molecule has 0 atom stereocenters. The molecular formula is C26H23O3P. The summed E-state index contributed by atoms with van der Waals surface area (Å²) >= 11 is 0. The quantitative estimate of drug-likeness (QED) is 0.581. The number of Topliss-reactive ketones (excluding diaryl/α,β-unsaturated/α-hetero) is 2. The van der Waals surface area contributed by atoms with Crippen molar-refractivity contribution in [1.82, 2.24) is 0 Å². The average Bonchev–Trinajstić information content (AvgIpc) is 2.80. The van der Waals surface area contributed by atoms with Gasteiger partial charge in [0.25, 0.3) is 0 Å². The van der Waals surface area contributed by atoms with Gasteiger partial charge in [0.15, 0.2) is 0 Å². The minimum atomic E-state index is -3.70. The fourth-order valence-corrected chi connectivity index (χ4v) is 10.9. The standard InChI is InChI=1S/C26H23O3P/c1-20(27)25-26(21(2)28)30(19-18-29-25,22-12-6-3-7-13-22,23-14-8-4-9-15-23)24-16-10-5-11-17-24/h3-19H,1-2H3. The van der Waals surface area contributed by atoms with Crippen molar-refractivity contribution < 1.29 is 14.3 Å². The number of rotatable bonds is 5. The monoisotopic (exact) mass is 414 g/mol. The molecule has 3 aromatic rings. The van der Waals surface area contributed by atoms with Gasteiger partial charge in [-0.05, 0) is 0 Å². The van der Waals surface area contributed by atoms with Crippen LogP contribution in [0.2, 0.25) is 0 Å². The summed E-state index contributed by atoms with van der Waals surface area (Å²) in [5.74, 6) is 1.73. The van der Waals surface area contributed by atoms with E-state index in [-0.39, 0.29) is 17.3 Å². The summed E-state index contributed by atoms with van der Waals surface area (Å²) < 4.78 is 5.72. The van der Waals surface area contributed by atoms with Crippen molar-refractivity contribution in [2.75, 3.05) is 0 Å². The molecule has 1 aliphatic rings. The molecule has 0 aliphatic carbocycles. The van der Waals surface area contributed by atoms with Crippen LogP contribution in [0.3, 0.4) is 0 Å². The summed E-state index contributed by atoms with van der Waals surface area (Å²) in [6, 6.07) is 30.0. The molecule has 0 spiro atoms. The van der Waals surface area contributed by atoms with Crippen LogP contribution in [0.25, 0.3) is 0 Å². The summed E-state index contributed by atoms with van der Waals surface area (Å²) in [4.78, 5) is 26.1. The summed E-state index contributed by atoms with van der Waals surface area (Å²) in [6.45, 7) is -0.729. The third-order valence-electron chi connectivity index (χ3n) is 5.76. The zero-order valence-electron chi connectivity index (χ0n) is 17.0. The van der Waals surface area contributed by atoms with Crippen molar-refractivity contribution in [1.29, 1.82) is 0 Å². The first-order chi connectivity index (χ1) is 14.5. The van der Waals surface area contributed by atoms with Gasteiger partial charge in [-0.3, -0.25) is 0 Å². The summed E-state index contributed by atoms with van der Waals surface area (Å²) in [5.41, 5.74) is 0. The second-order valence-corrected chi connectivity index (χ2v) is 12.1. The number of hydrogen-bond donors (Lipinski definition) is 0. The normalized spacial score (nSPS) is 18.0. The van der Waals surface area contributed by atoms with E-state index >= 15 is 0 Å². The number of carbonyl (C=O) groups is 2. The van der Waals surface area contributed by atoms with E-state index in [9.17, 15) is 9.59 Å². The van der Waals surface area contributed by atoms with E-state index in [1.54, 1.807) is 6.26 Å². The molecule has 0 aromatic heterocycles. The Labute approximate surface area is 176 Å². The second kappa shape index (κ2) is 7.51. The number of hydrogen-bond acceptors (Lipinski definition) is 3. The zero-order chi connectivity index (χ0) is 21.2. The van der Waals surface area contributed by atoms with Gasteiger partial charge in [0.05, 0.1) is 0 Å². The molecule has 0 amide bonds. The van der Waals surface area contributed by atoms with E-state index in [1.165, 1.54) is 13.8 Å². The van der Waals surface area contributed by atoms with E-state index in [4.69, 9.17) is 4.74 Å². The molecule has 150 valence electrons. The first kappa shape index (κ1) is 20.0. The maximum atomic E-state index is 13.4. The first-order valence-corrected chi connectivity index (χ1v) is 12.1. The van der Waals surface area contributed by atoms with E-state index in [2.05, 4.69) is 0 Å². The molecule has 3 nitrogen and oxygen atoms in total. The summed E-state index contributed by atoms with van der Waals surface area (Å²) in [6.07, 6.45) is 1.59. The molecule has 0 N–H and O–H groups in total. The molecule has 3 aromatic carbocycles. The van der Waals surface area contributed by atoms with Gasteiger partial charge in [-0.2, -0.15) is 0 Å². The van der Waals surface area contributed by atoms with Gasteiger partial charge in [-0.15, -0.1) is 0 Å². The van der Waals surface area contributed by atoms with Crippen LogP contribution in [0.5, 0.6) is 0 Å². The van der Waals surface area contributed by atoms with E-state index in [0.29, 0.717) is 5.31 Å². The van der Waals surface area contributed by atoms with Crippen molar-refractivity contribution >= 4 is 34.1 Å². The van der Waals surface area contributed by atoms with Gasteiger partial charge in [0.1, 0.15) is 0 Å². The van der Waals surface area contributed by atoms with Gasteiger partial charge in [-0.25, -0.2) is 0 Å². The molecule has 0 saturated carbocycles. The molecule has 30 heavy (non-hydrogen) atoms. The van der Waals surface area contributed by atoms with Crippen molar-refractivity contribution in [3.05, 3.63) is 114 Å². The topological polar surface area (TPSA) is 43.4 Å². The van der Waals surface area contributed by atoms with E-state index in [1.807, 2.05) is 96.8 Å². The number of benzene rings is 3. The van der Waals surface area contributed by atoms with Crippen molar-refractivity contribution in [3.63, 3.8) is 0 Å². The molecule has 0 bridgehead atoms. The second-order valence-electron chi connectivity index (χ2n) is 7.39. The van der Waals surface area contributed by atoms with Crippen LogP contribution in [0.1, 0.15) is 13.8 Å². The molecule has 4 rings (SSSR count). The van der Waals surface area contributed by atoms with Crippen LogP contribution in [0.15, 0.2) is 114 Å². The number of carbonyl (C=O) groups excluding carboxylic acids is 2. The Morgan fingerprint density at radius 2 is 1.03 bits per heavy atom. The Morgan fingerprint density at radius 1 is 0.633 bits per heavy atom. The number of allylic oxidation sites excluding steroid dienone is 2. The van der Waals surface area contributed by atoms with Gasteiger partial charge in [-0.1, -0.05) is 0 Å². The summed E-state index contributed by atoms with van der Waals surface area (Å²) in [5, 5.41) is 3.41. The Bertz CT molecular complexity index is 1060. The van der Waals surface area contributed by atoms with Crippen LogP contribution >= 0.6 is 6.60 Å². The third kappa shape index (κ3) is 2.63.